The molecule has 0 fully saturated rings. The molecule has 0 spiro atoms. The SMILES string of the molecule is N#CCCCCNS(=O)(=O)c1c(Cl)cc(Br)cc1Cl. The topological polar surface area (TPSA) is 70.0 Å². The molecule has 19 heavy (non-hydrogen) atoms. The summed E-state index contributed by atoms with van der Waals surface area (Å²) in [5, 5.41) is 8.49. The summed E-state index contributed by atoms with van der Waals surface area (Å²) < 4.78 is 27.1. The van der Waals surface area contributed by atoms with Crippen LogP contribution in [0, 0.1) is 11.3 Å². The van der Waals surface area contributed by atoms with Crippen LogP contribution in [0.5, 0.6) is 0 Å². The maximum absolute atomic E-state index is 12.1. The number of unbranched alkanes of at least 4 members (excludes halogenated alkanes) is 2. The van der Waals surface area contributed by atoms with E-state index in [1.54, 1.807) is 0 Å². The molecule has 8 heteroatoms. The Hall–Kier alpha value is -0.320. The summed E-state index contributed by atoms with van der Waals surface area (Å²) in [4.78, 5) is -0.126. The maximum Gasteiger partial charge on any atom is 0.243 e. The molecule has 0 atom stereocenters. The van der Waals surface area contributed by atoms with Crippen molar-refractivity contribution in [3.05, 3.63) is 26.7 Å². The second-order valence-corrected chi connectivity index (χ2v) is 7.15. The van der Waals surface area contributed by atoms with Gasteiger partial charge < -0.3 is 0 Å². The number of halogens is 3. The zero-order valence-corrected chi connectivity index (χ0v) is 13.7. The molecule has 0 saturated carbocycles. The normalized spacial score (nSPS) is 11.3. The molecule has 1 rings (SSSR count). The van der Waals surface area contributed by atoms with Crippen molar-refractivity contribution in [2.45, 2.75) is 24.2 Å². The monoisotopic (exact) mass is 384 g/mol. The molecule has 1 aromatic carbocycles. The first-order valence-electron chi connectivity index (χ1n) is 5.39. The van der Waals surface area contributed by atoms with E-state index in [0.29, 0.717) is 23.7 Å². The third kappa shape index (κ3) is 4.93. The summed E-state index contributed by atoms with van der Waals surface area (Å²) in [6, 6.07) is 4.94. The van der Waals surface area contributed by atoms with Crippen molar-refractivity contribution >= 4 is 49.2 Å². The average molecular weight is 386 g/mol. The van der Waals surface area contributed by atoms with Gasteiger partial charge in [-0.2, -0.15) is 5.26 Å². The molecule has 0 amide bonds. The zero-order valence-electron chi connectivity index (χ0n) is 9.79. The van der Waals surface area contributed by atoms with Gasteiger partial charge in [0.1, 0.15) is 4.90 Å². The molecule has 104 valence electrons. The fourth-order valence-corrected chi connectivity index (χ4v) is 4.40. The highest BCUT2D eigenvalue weighted by Crippen LogP contribution is 2.32. The van der Waals surface area contributed by atoms with Crippen molar-refractivity contribution < 1.29 is 8.42 Å². The number of nitrogens with zero attached hydrogens (tertiary/aromatic N) is 1. The minimum Gasteiger partial charge on any atom is -0.211 e. The Morgan fingerprint density at radius 1 is 1.26 bits per heavy atom. The van der Waals surface area contributed by atoms with Crippen LogP contribution < -0.4 is 4.72 Å². The van der Waals surface area contributed by atoms with E-state index in [4.69, 9.17) is 28.5 Å². The van der Waals surface area contributed by atoms with Crippen LogP contribution in [-0.2, 0) is 10.0 Å². The van der Waals surface area contributed by atoms with Gasteiger partial charge in [-0.1, -0.05) is 39.1 Å². The molecule has 0 heterocycles. The van der Waals surface area contributed by atoms with Gasteiger partial charge in [0.2, 0.25) is 10.0 Å². The minimum absolute atomic E-state index is 0.0592. The van der Waals surface area contributed by atoms with E-state index in [-0.39, 0.29) is 21.5 Å². The molecule has 1 N–H and O–H groups in total. The van der Waals surface area contributed by atoms with Crippen molar-refractivity contribution in [1.82, 2.24) is 4.72 Å². The highest BCUT2D eigenvalue weighted by Gasteiger charge is 2.21. The second-order valence-electron chi connectivity index (χ2n) is 3.71. The lowest BCUT2D eigenvalue weighted by atomic mass is 10.2. The molecule has 0 aliphatic rings. The number of hydrogen-bond donors (Lipinski definition) is 1. The number of rotatable bonds is 6. The van der Waals surface area contributed by atoms with E-state index in [9.17, 15) is 8.42 Å². The van der Waals surface area contributed by atoms with Crippen LogP contribution in [0.2, 0.25) is 10.0 Å². The van der Waals surface area contributed by atoms with Gasteiger partial charge in [0, 0.05) is 17.4 Å². The largest absolute Gasteiger partial charge is 0.243 e. The van der Waals surface area contributed by atoms with Crippen LogP contribution in [0.1, 0.15) is 19.3 Å². The smallest absolute Gasteiger partial charge is 0.211 e. The molecule has 1 aromatic rings. The highest BCUT2D eigenvalue weighted by atomic mass is 79.9. The first-order valence-corrected chi connectivity index (χ1v) is 8.43. The molecule has 0 radical (unpaired) electrons. The molecular weight excluding hydrogens is 375 g/mol. The lowest BCUT2D eigenvalue weighted by Crippen LogP contribution is -2.25. The Bertz CT molecular complexity index is 576. The van der Waals surface area contributed by atoms with Gasteiger partial charge in [0.25, 0.3) is 0 Å². The Kier molecular flexibility index (Phi) is 6.57. The van der Waals surface area contributed by atoms with Crippen LogP contribution in [0.25, 0.3) is 0 Å². The van der Waals surface area contributed by atoms with Crippen LogP contribution in [0.15, 0.2) is 21.5 Å². The fourth-order valence-electron chi connectivity index (χ4n) is 1.39. The predicted octanol–water partition coefficient (Wildman–Crippen LogP) is 3.73. The summed E-state index contributed by atoms with van der Waals surface area (Å²) in [6.07, 6.45) is 1.63. The second kappa shape index (κ2) is 7.46. The molecule has 0 aromatic heterocycles. The first-order chi connectivity index (χ1) is 8.88. The minimum atomic E-state index is -3.74. The maximum atomic E-state index is 12.1. The predicted molar refractivity (Wildman–Crippen MR) is 78.8 cm³/mol. The van der Waals surface area contributed by atoms with E-state index in [2.05, 4.69) is 20.7 Å². The first kappa shape index (κ1) is 16.7. The van der Waals surface area contributed by atoms with E-state index < -0.39 is 10.0 Å². The van der Waals surface area contributed by atoms with Crippen molar-refractivity contribution in [2.75, 3.05) is 6.54 Å². The number of benzene rings is 1. The van der Waals surface area contributed by atoms with Crippen LogP contribution >= 0.6 is 39.1 Å². The van der Waals surface area contributed by atoms with Crippen molar-refractivity contribution in [3.8, 4) is 6.07 Å². The lowest BCUT2D eigenvalue weighted by Gasteiger charge is -2.10. The molecule has 0 aliphatic heterocycles. The molecular formula is C11H11BrCl2N2O2S. The van der Waals surface area contributed by atoms with Crippen LogP contribution in [0.4, 0.5) is 0 Å². The number of sulfonamides is 1. The highest BCUT2D eigenvalue weighted by molar-refractivity contribution is 9.10. The fraction of sp³-hybridized carbons (Fsp3) is 0.364. The van der Waals surface area contributed by atoms with E-state index in [1.807, 2.05) is 6.07 Å². The van der Waals surface area contributed by atoms with Gasteiger partial charge in [0.15, 0.2) is 0 Å². The summed E-state index contributed by atoms with van der Waals surface area (Å²) in [7, 11) is -3.74. The van der Waals surface area contributed by atoms with Crippen LogP contribution in [-0.4, -0.2) is 15.0 Å². The third-order valence-corrected chi connectivity index (χ3v) is 5.08. The van der Waals surface area contributed by atoms with Crippen molar-refractivity contribution in [1.29, 1.82) is 5.26 Å². The van der Waals surface area contributed by atoms with Gasteiger partial charge >= 0.3 is 0 Å². The Balaban J connectivity index is 2.81. The van der Waals surface area contributed by atoms with Gasteiger partial charge in [0.05, 0.1) is 16.1 Å². The summed E-state index contributed by atoms with van der Waals surface area (Å²) in [5.41, 5.74) is 0. The Labute approximate surface area is 130 Å². The number of nitrogens with one attached hydrogen (secondary N) is 1. The van der Waals surface area contributed by atoms with E-state index in [1.165, 1.54) is 12.1 Å². The van der Waals surface area contributed by atoms with Gasteiger partial charge in [-0.15, -0.1) is 0 Å². The Morgan fingerprint density at radius 3 is 2.37 bits per heavy atom. The van der Waals surface area contributed by atoms with Gasteiger partial charge in [-0.25, -0.2) is 13.1 Å². The zero-order chi connectivity index (χ0) is 14.5. The molecule has 0 saturated heterocycles. The molecule has 0 aliphatic carbocycles. The van der Waals surface area contributed by atoms with Crippen molar-refractivity contribution in [3.63, 3.8) is 0 Å². The van der Waals surface area contributed by atoms with E-state index >= 15 is 0 Å². The summed E-state index contributed by atoms with van der Waals surface area (Å²) in [6.45, 7) is 0.243. The third-order valence-electron chi connectivity index (χ3n) is 2.24. The Morgan fingerprint density at radius 2 is 1.84 bits per heavy atom. The summed E-state index contributed by atoms with van der Waals surface area (Å²) in [5.74, 6) is 0. The lowest BCUT2D eigenvalue weighted by molar-refractivity contribution is 0.577. The average Bonchev–Trinajstić information content (AvgIpc) is 2.26. The van der Waals surface area contributed by atoms with E-state index in [0.717, 1.165) is 0 Å². The molecule has 0 unspecified atom stereocenters. The molecule has 4 nitrogen and oxygen atoms in total. The molecule has 0 bridgehead atoms. The number of hydrogen-bond acceptors (Lipinski definition) is 3. The van der Waals surface area contributed by atoms with Gasteiger partial charge in [-0.3, -0.25) is 0 Å². The van der Waals surface area contributed by atoms with Crippen LogP contribution in [0.3, 0.4) is 0 Å². The quantitative estimate of drug-likeness (QED) is 0.758. The standard InChI is InChI=1S/C11H11BrCl2N2O2S/c12-8-6-9(13)11(10(14)7-8)19(17,18)16-5-3-1-2-4-15/h6-7,16H,1-3,5H2. The number of nitriles is 1. The summed E-state index contributed by atoms with van der Waals surface area (Å²) >= 11 is 15.0. The van der Waals surface area contributed by atoms with Gasteiger partial charge in [-0.05, 0) is 25.0 Å². The van der Waals surface area contributed by atoms with Crippen molar-refractivity contribution in [2.24, 2.45) is 0 Å².